The molecule has 0 bridgehead atoms. The minimum atomic E-state index is -0.227. The smallest absolute Gasteiger partial charge is 0.123 e. The van der Waals surface area contributed by atoms with Crippen molar-refractivity contribution in [3.05, 3.63) is 47.5 Å². The Bertz CT molecular complexity index is 440. The van der Waals surface area contributed by atoms with Gasteiger partial charge in [-0.15, -0.1) is 0 Å². The van der Waals surface area contributed by atoms with E-state index in [4.69, 9.17) is 5.73 Å². The van der Waals surface area contributed by atoms with Gasteiger partial charge >= 0.3 is 0 Å². The van der Waals surface area contributed by atoms with Crippen LogP contribution in [0.25, 0.3) is 0 Å². The molecule has 0 fully saturated rings. The van der Waals surface area contributed by atoms with Crippen LogP contribution in [0.5, 0.6) is 0 Å². The van der Waals surface area contributed by atoms with E-state index < -0.39 is 0 Å². The lowest BCUT2D eigenvalue weighted by Gasteiger charge is -2.00. The average molecular weight is 205 g/mol. The molecule has 2 rings (SSSR count). The van der Waals surface area contributed by atoms with Crippen molar-refractivity contribution in [2.45, 2.75) is 13.5 Å². The fourth-order valence-electron chi connectivity index (χ4n) is 1.39. The van der Waals surface area contributed by atoms with Crippen molar-refractivity contribution in [1.29, 1.82) is 0 Å². The third-order valence-corrected chi connectivity index (χ3v) is 2.24. The summed E-state index contributed by atoms with van der Waals surface area (Å²) in [4.78, 5) is 0. The third-order valence-electron chi connectivity index (χ3n) is 2.24. The number of nitrogens with two attached hydrogens (primary N) is 1. The molecule has 2 aromatic rings. The van der Waals surface area contributed by atoms with Crippen LogP contribution in [0.2, 0.25) is 0 Å². The number of benzene rings is 1. The zero-order valence-electron chi connectivity index (χ0n) is 8.44. The van der Waals surface area contributed by atoms with Crippen LogP contribution in [0.1, 0.15) is 11.3 Å². The zero-order chi connectivity index (χ0) is 10.8. The first-order valence-corrected chi connectivity index (χ1v) is 4.69. The summed E-state index contributed by atoms with van der Waals surface area (Å²) in [6.45, 7) is 2.47. The molecule has 0 aliphatic carbocycles. The van der Waals surface area contributed by atoms with Crippen LogP contribution in [0, 0.1) is 12.7 Å². The van der Waals surface area contributed by atoms with E-state index in [1.54, 1.807) is 23.0 Å². The fraction of sp³-hybridized carbons (Fsp3) is 0.182. The van der Waals surface area contributed by atoms with Gasteiger partial charge in [0, 0.05) is 6.20 Å². The lowest BCUT2D eigenvalue weighted by atomic mass is 10.2. The number of nitrogens with zero attached hydrogens (tertiary/aromatic N) is 2. The largest absolute Gasteiger partial charge is 0.396 e. The van der Waals surface area contributed by atoms with Gasteiger partial charge in [0.2, 0.25) is 0 Å². The number of aryl methyl sites for hydroxylation is 1. The fourth-order valence-corrected chi connectivity index (χ4v) is 1.39. The second-order valence-electron chi connectivity index (χ2n) is 3.49. The molecule has 4 heteroatoms. The predicted molar refractivity (Wildman–Crippen MR) is 56.9 cm³/mol. The number of hydrogen-bond donors (Lipinski definition) is 1. The minimum Gasteiger partial charge on any atom is -0.396 e. The highest BCUT2D eigenvalue weighted by molar-refractivity contribution is 5.39. The van der Waals surface area contributed by atoms with Crippen LogP contribution in [0.4, 0.5) is 10.1 Å². The second kappa shape index (κ2) is 3.73. The highest BCUT2D eigenvalue weighted by Gasteiger charge is 2.01. The van der Waals surface area contributed by atoms with Crippen LogP contribution >= 0.6 is 0 Å². The summed E-state index contributed by atoms with van der Waals surface area (Å²) < 4.78 is 14.4. The van der Waals surface area contributed by atoms with Crippen LogP contribution in [0.3, 0.4) is 0 Å². The van der Waals surface area contributed by atoms with Gasteiger partial charge in [-0.1, -0.05) is 12.1 Å². The highest BCUT2D eigenvalue weighted by Crippen LogP contribution is 2.09. The number of aromatic nitrogens is 2. The van der Waals surface area contributed by atoms with Gasteiger partial charge < -0.3 is 5.73 Å². The Morgan fingerprint density at radius 3 is 2.53 bits per heavy atom. The molecule has 1 aromatic carbocycles. The van der Waals surface area contributed by atoms with E-state index in [1.165, 1.54) is 12.1 Å². The zero-order valence-corrected chi connectivity index (χ0v) is 8.44. The van der Waals surface area contributed by atoms with Crippen LogP contribution < -0.4 is 5.73 Å². The molecule has 78 valence electrons. The minimum absolute atomic E-state index is 0.227. The molecule has 0 amide bonds. The van der Waals surface area contributed by atoms with Gasteiger partial charge in [-0.2, -0.15) is 5.10 Å². The van der Waals surface area contributed by atoms with E-state index in [0.29, 0.717) is 12.2 Å². The molecule has 0 saturated carbocycles. The second-order valence-corrected chi connectivity index (χ2v) is 3.49. The van der Waals surface area contributed by atoms with Crippen LogP contribution in [-0.4, -0.2) is 9.78 Å². The molecule has 0 radical (unpaired) electrons. The number of hydrogen-bond acceptors (Lipinski definition) is 2. The number of anilines is 1. The Kier molecular flexibility index (Phi) is 2.41. The summed E-state index contributed by atoms with van der Waals surface area (Å²) in [5.74, 6) is -0.227. The molecular formula is C11H12FN3. The molecule has 1 aromatic heterocycles. The van der Waals surface area contributed by atoms with E-state index in [-0.39, 0.29) is 5.82 Å². The molecule has 0 aliphatic rings. The van der Waals surface area contributed by atoms with Gasteiger partial charge in [0.25, 0.3) is 0 Å². The Morgan fingerprint density at radius 1 is 1.33 bits per heavy atom. The molecule has 0 spiro atoms. The first-order valence-electron chi connectivity index (χ1n) is 4.69. The standard InChI is InChI=1S/C11H12FN3/c1-8-11(13)7-15(14-8)6-9-2-4-10(12)5-3-9/h2-5,7H,6,13H2,1H3. The molecule has 0 atom stereocenters. The van der Waals surface area contributed by atoms with Gasteiger partial charge in [0.05, 0.1) is 17.9 Å². The molecule has 1 heterocycles. The van der Waals surface area contributed by atoms with Gasteiger partial charge in [-0.05, 0) is 24.6 Å². The maximum Gasteiger partial charge on any atom is 0.123 e. The van der Waals surface area contributed by atoms with Crippen molar-refractivity contribution in [1.82, 2.24) is 9.78 Å². The summed E-state index contributed by atoms with van der Waals surface area (Å²) in [6, 6.07) is 6.36. The third kappa shape index (κ3) is 2.15. The summed E-state index contributed by atoms with van der Waals surface area (Å²) in [5.41, 5.74) is 8.17. The van der Waals surface area contributed by atoms with Gasteiger partial charge in [-0.25, -0.2) is 4.39 Å². The van der Waals surface area contributed by atoms with Crippen molar-refractivity contribution in [3.63, 3.8) is 0 Å². The van der Waals surface area contributed by atoms with Crippen molar-refractivity contribution < 1.29 is 4.39 Å². The Morgan fingerprint density at radius 2 is 2.00 bits per heavy atom. The van der Waals surface area contributed by atoms with Crippen molar-refractivity contribution in [3.8, 4) is 0 Å². The molecular weight excluding hydrogens is 193 g/mol. The van der Waals surface area contributed by atoms with Gasteiger partial charge in [0.15, 0.2) is 0 Å². The van der Waals surface area contributed by atoms with E-state index >= 15 is 0 Å². The van der Waals surface area contributed by atoms with Crippen molar-refractivity contribution in [2.24, 2.45) is 0 Å². The van der Waals surface area contributed by atoms with Crippen molar-refractivity contribution in [2.75, 3.05) is 5.73 Å². The monoisotopic (exact) mass is 205 g/mol. The lowest BCUT2D eigenvalue weighted by molar-refractivity contribution is 0.624. The van der Waals surface area contributed by atoms with E-state index in [9.17, 15) is 4.39 Å². The summed E-state index contributed by atoms with van der Waals surface area (Å²) in [5, 5.41) is 4.23. The first kappa shape index (κ1) is 9.71. The van der Waals surface area contributed by atoms with Gasteiger partial charge in [-0.3, -0.25) is 4.68 Å². The van der Waals surface area contributed by atoms with Crippen molar-refractivity contribution >= 4 is 5.69 Å². The quantitative estimate of drug-likeness (QED) is 0.814. The molecule has 15 heavy (non-hydrogen) atoms. The molecule has 2 N–H and O–H groups in total. The molecule has 0 unspecified atom stereocenters. The Labute approximate surface area is 87.3 Å². The summed E-state index contributed by atoms with van der Waals surface area (Å²) >= 11 is 0. The SMILES string of the molecule is Cc1nn(Cc2ccc(F)cc2)cc1N. The Balaban J connectivity index is 2.18. The maximum absolute atomic E-state index is 12.7. The van der Waals surface area contributed by atoms with Gasteiger partial charge in [0.1, 0.15) is 5.82 Å². The summed E-state index contributed by atoms with van der Waals surface area (Å²) in [6.07, 6.45) is 1.78. The molecule has 3 nitrogen and oxygen atoms in total. The molecule has 0 saturated heterocycles. The number of nitrogen functional groups attached to an aromatic ring is 1. The Hall–Kier alpha value is -1.84. The topological polar surface area (TPSA) is 43.8 Å². The maximum atomic E-state index is 12.7. The van der Waals surface area contributed by atoms with E-state index in [1.807, 2.05) is 6.92 Å². The van der Waals surface area contributed by atoms with Crippen LogP contribution in [-0.2, 0) is 6.54 Å². The number of rotatable bonds is 2. The molecule has 0 aliphatic heterocycles. The predicted octanol–water partition coefficient (Wildman–Crippen LogP) is 1.96. The van der Waals surface area contributed by atoms with E-state index in [2.05, 4.69) is 5.10 Å². The van der Waals surface area contributed by atoms with Crippen LogP contribution in [0.15, 0.2) is 30.5 Å². The average Bonchev–Trinajstić information content (AvgIpc) is 2.50. The van der Waals surface area contributed by atoms with E-state index in [0.717, 1.165) is 11.3 Å². The highest BCUT2D eigenvalue weighted by atomic mass is 19.1. The first-order chi connectivity index (χ1) is 7.15. The lowest BCUT2D eigenvalue weighted by Crippen LogP contribution is -2.00. The number of halogens is 1. The summed E-state index contributed by atoms with van der Waals surface area (Å²) in [7, 11) is 0. The normalized spacial score (nSPS) is 10.5.